The summed E-state index contributed by atoms with van der Waals surface area (Å²) in [6.45, 7) is 5.74. The van der Waals surface area contributed by atoms with E-state index in [9.17, 15) is 9.90 Å². The largest absolute Gasteiger partial charge is 0.497 e. The Hall–Kier alpha value is -1.55. The van der Waals surface area contributed by atoms with Gasteiger partial charge in [0.1, 0.15) is 11.4 Å². The van der Waals surface area contributed by atoms with Gasteiger partial charge in [0.2, 0.25) is 0 Å². The van der Waals surface area contributed by atoms with Gasteiger partial charge < -0.3 is 14.7 Å². The first-order valence-electron chi connectivity index (χ1n) is 6.85. The highest BCUT2D eigenvalue weighted by molar-refractivity contribution is 5.83. The van der Waals surface area contributed by atoms with Gasteiger partial charge >= 0.3 is 0 Å². The lowest BCUT2D eigenvalue weighted by atomic mass is 10.00. The van der Waals surface area contributed by atoms with Crippen molar-refractivity contribution in [2.75, 3.05) is 20.7 Å². The van der Waals surface area contributed by atoms with Crippen LogP contribution >= 0.6 is 0 Å². The molecule has 0 aliphatic rings. The highest BCUT2D eigenvalue weighted by Gasteiger charge is 2.27. The molecule has 0 spiro atoms. The molecule has 1 aromatic rings. The van der Waals surface area contributed by atoms with Crippen molar-refractivity contribution in [1.82, 2.24) is 4.90 Å². The summed E-state index contributed by atoms with van der Waals surface area (Å²) in [6, 6.07) is 7.95. The van der Waals surface area contributed by atoms with Gasteiger partial charge in [-0.3, -0.25) is 4.79 Å². The zero-order valence-electron chi connectivity index (χ0n) is 13.0. The third-order valence-corrected chi connectivity index (χ3v) is 3.20. The maximum atomic E-state index is 11.9. The fourth-order valence-corrected chi connectivity index (χ4v) is 2.25. The van der Waals surface area contributed by atoms with Crippen LogP contribution in [-0.4, -0.2) is 42.2 Å². The molecule has 0 radical (unpaired) electrons. The van der Waals surface area contributed by atoms with Crippen LogP contribution in [0.1, 0.15) is 26.3 Å². The molecule has 0 bridgehead atoms. The average Bonchev–Trinajstić information content (AvgIpc) is 2.37. The first-order chi connectivity index (χ1) is 9.24. The van der Waals surface area contributed by atoms with Gasteiger partial charge in [-0.1, -0.05) is 19.1 Å². The van der Waals surface area contributed by atoms with E-state index in [1.54, 1.807) is 19.1 Å². The molecule has 0 aromatic heterocycles. The Kier molecular flexibility index (Phi) is 5.57. The second-order valence-electron chi connectivity index (χ2n) is 5.90. The lowest BCUT2D eigenvalue weighted by Gasteiger charge is -2.27. The van der Waals surface area contributed by atoms with Crippen LogP contribution in [0.2, 0.25) is 0 Å². The maximum Gasteiger partial charge on any atom is 0.253 e. The molecule has 0 aliphatic heterocycles. The summed E-state index contributed by atoms with van der Waals surface area (Å²) in [6.07, 6.45) is 0.882. The molecule has 1 N–H and O–H groups in total. The summed E-state index contributed by atoms with van der Waals surface area (Å²) < 4.78 is 5.13. The van der Waals surface area contributed by atoms with Crippen molar-refractivity contribution in [3.8, 4) is 5.75 Å². The monoisotopic (exact) mass is 279 g/mol. The number of methoxy groups -OCH3 is 1. The van der Waals surface area contributed by atoms with Gasteiger partial charge in [0.15, 0.2) is 0 Å². The number of hydrogen-bond donors (Lipinski definition) is 1. The number of amides is 1. The molecule has 0 aliphatic carbocycles. The summed E-state index contributed by atoms with van der Waals surface area (Å²) in [5.41, 5.74) is -0.100. The van der Waals surface area contributed by atoms with Gasteiger partial charge in [-0.2, -0.15) is 0 Å². The van der Waals surface area contributed by atoms with Crippen LogP contribution < -0.4 is 4.74 Å². The van der Waals surface area contributed by atoms with Crippen molar-refractivity contribution < 1.29 is 14.6 Å². The fourth-order valence-electron chi connectivity index (χ4n) is 2.25. The van der Waals surface area contributed by atoms with Crippen LogP contribution in [0.4, 0.5) is 0 Å². The smallest absolute Gasteiger partial charge is 0.253 e. The minimum absolute atomic E-state index is 0.251. The maximum absolute atomic E-state index is 11.9. The van der Waals surface area contributed by atoms with E-state index < -0.39 is 5.60 Å². The predicted octanol–water partition coefficient (Wildman–Crippen LogP) is 2.10. The Balaban J connectivity index is 2.54. The summed E-state index contributed by atoms with van der Waals surface area (Å²) in [7, 11) is 3.37. The molecule has 1 aromatic carbocycles. The Morgan fingerprint density at radius 1 is 1.35 bits per heavy atom. The van der Waals surface area contributed by atoms with Crippen molar-refractivity contribution in [2.24, 2.45) is 5.92 Å². The topological polar surface area (TPSA) is 49.8 Å². The van der Waals surface area contributed by atoms with Gasteiger partial charge in [0.25, 0.3) is 5.91 Å². The Labute approximate surface area is 121 Å². The van der Waals surface area contributed by atoms with Crippen molar-refractivity contribution in [1.29, 1.82) is 0 Å². The highest BCUT2D eigenvalue weighted by Crippen LogP contribution is 2.16. The number of nitrogens with zero attached hydrogens (tertiary/aromatic N) is 1. The molecule has 0 saturated heterocycles. The number of ether oxygens (including phenoxy) is 1. The van der Waals surface area contributed by atoms with Crippen LogP contribution in [0.3, 0.4) is 0 Å². The van der Waals surface area contributed by atoms with E-state index in [-0.39, 0.29) is 5.91 Å². The van der Waals surface area contributed by atoms with Gasteiger partial charge in [-0.15, -0.1) is 0 Å². The fraction of sp³-hybridized carbons (Fsp3) is 0.562. The van der Waals surface area contributed by atoms with Gasteiger partial charge in [0.05, 0.1) is 7.11 Å². The lowest BCUT2D eigenvalue weighted by Crippen LogP contribution is -2.44. The van der Waals surface area contributed by atoms with E-state index in [1.165, 1.54) is 19.4 Å². The molecule has 1 unspecified atom stereocenters. The third kappa shape index (κ3) is 4.85. The van der Waals surface area contributed by atoms with E-state index in [4.69, 9.17) is 4.74 Å². The Morgan fingerprint density at radius 3 is 2.35 bits per heavy atom. The molecule has 20 heavy (non-hydrogen) atoms. The summed E-state index contributed by atoms with van der Waals surface area (Å²) >= 11 is 0. The molecule has 0 heterocycles. The first kappa shape index (κ1) is 16.5. The number of hydrogen-bond acceptors (Lipinski definition) is 3. The quantitative estimate of drug-likeness (QED) is 0.867. The van der Waals surface area contributed by atoms with Crippen molar-refractivity contribution in [2.45, 2.75) is 32.8 Å². The summed E-state index contributed by atoms with van der Waals surface area (Å²) in [4.78, 5) is 13.5. The molecule has 1 atom stereocenters. The summed E-state index contributed by atoms with van der Waals surface area (Å²) in [5.74, 6) is 0.912. The molecule has 4 nitrogen and oxygen atoms in total. The zero-order valence-corrected chi connectivity index (χ0v) is 13.0. The van der Waals surface area contributed by atoms with E-state index in [2.05, 4.69) is 6.92 Å². The minimum Gasteiger partial charge on any atom is -0.497 e. The number of benzene rings is 1. The molecule has 1 amide bonds. The first-order valence-corrected chi connectivity index (χ1v) is 6.85. The third-order valence-electron chi connectivity index (χ3n) is 3.20. The van der Waals surface area contributed by atoms with Crippen molar-refractivity contribution in [3.05, 3.63) is 29.8 Å². The standard InChI is InChI=1S/C16H25NO3/c1-12(11-17(4)15(18)16(2,3)19)10-13-6-8-14(20-5)9-7-13/h6-9,12,19H,10-11H2,1-5H3. The molecular weight excluding hydrogens is 254 g/mol. The van der Waals surface area contributed by atoms with Gasteiger partial charge in [-0.25, -0.2) is 0 Å². The number of carbonyl (C=O) groups excluding carboxylic acids is 1. The highest BCUT2D eigenvalue weighted by atomic mass is 16.5. The minimum atomic E-state index is -1.31. The normalized spacial score (nSPS) is 12.9. The molecule has 4 heteroatoms. The van der Waals surface area contributed by atoms with Gasteiger partial charge in [-0.05, 0) is 43.9 Å². The average molecular weight is 279 g/mol. The number of rotatable bonds is 6. The zero-order chi connectivity index (χ0) is 15.3. The SMILES string of the molecule is COc1ccc(CC(C)CN(C)C(=O)C(C)(C)O)cc1. The summed E-state index contributed by atoms with van der Waals surface area (Å²) in [5, 5.41) is 9.71. The predicted molar refractivity (Wildman–Crippen MR) is 79.8 cm³/mol. The number of aliphatic hydroxyl groups is 1. The van der Waals surface area contributed by atoms with Crippen molar-refractivity contribution in [3.63, 3.8) is 0 Å². The van der Waals surface area contributed by atoms with Crippen LogP contribution in [0.15, 0.2) is 24.3 Å². The van der Waals surface area contributed by atoms with E-state index in [0.29, 0.717) is 12.5 Å². The second-order valence-corrected chi connectivity index (χ2v) is 5.90. The van der Waals surface area contributed by atoms with E-state index in [1.807, 2.05) is 24.3 Å². The van der Waals surface area contributed by atoms with Crippen LogP contribution in [-0.2, 0) is 11.2 Å². The van der Waals surface area contributed by atoms with Crippen LogP contribution in [0.5, 0.6) is 5.75 Å². The molecular formula is C16H25NO3. The van der Waals surface area contributed by atoms with Gasteiger partial charge in [0, 0.05) is 13.6 Å². The lowest BCUT2D eigenvalue weighted by molar-refractivity contribution is -0.146. The Morgan fingerprint density at radius 2 is 1.90 bits per heavy atom. The molecule has 0 fully saturated rings. The Bertz CT molecular complexity index is 434. The van der Waals surface area contributed by atoms with Crippen LogP contribution in [0, 0.1) is 5.92 Å². The van der Waals surface area contributed by atoms with E-state index >= 15 is 0 Å². The molecule has 112 valence electrons. The van der Waals surface area contributed by atoms with E-state index in [0.717, 1.165) is 12.2 Å². The van der Waals surface area contributed by atoms with Crippen LogP contribution in [0.25, 0.3) is 0 Å². The number of carbonyl (C=O) groups is 1. The number of likely N-dealkylation sites (N-methyl/N-ethyl adjacent to an activating group) is 1. The molecule has 1 rings (SSSR count). The molecule has 0 saturated carbocycles. The second kappa shape index (κ2) is 6.75. The van der Waals surface area contributed by atoms with Crippen molar-refractivity contribution >= 4 is 5.91 Å².